The standard InChI is InChI=1S/C14H12F3NOS/c15-14(16,17)11-6-7-13(12(18)8-11)20(19)9-10-4-2-1-3-5-10/h1-8H,9,18H2. The predicted molar refractivity (Wildman–Crippen MR) is 72.4 cm³/mol. The Hall–Kier alpha value is -1.82. The van der Waals surface area contributed by atoms with Gasteiger partial charge in [-0.1, -0.05) is 30.3 Å². The smallest absolute Gasteiger partial charge is 0.398 e. The molecule has 1 unspecified atom stereocenters. The van der Waals surface area contributed by atoms with Gasteiger partial charge in [0.15, 0.2) is 0 Å². The van der Waals surface area contributed by atoms with Crippen LogP contribution in [0.2, 0.25) is 0 Å². The quantitative estimate of drug-likeness (QED) is 0.880. The summed E-state index contributed by atoms with van der Waals surface area (Å²) >= 11 is 0. The van der Waals surface area contributed by atoms with E-state index in [1.807, 2.05) is 18.2 Å². The number of alkyl halides is 3. The van der Waals surface area contributed by atoms with Crippen molar-refractivity contribution in [2.75, 3.05) is 5.73 Å². The summed E-state index contributed by atoms with van der Waals surface area (Å²) < 4.78 is 49.7. The number of rotatable bonds is 3. The molecule has 0 aliphatic heterocycles. The lowest BCUT2D eigenvalue weighted by atomic mass is 10.2. The summed E-state index contributed by atoms with van der Waals surface area (Å²) in [5.41, 5.74) is 5.48. The van der Waals surface area contributed by atoms with Crippen LogP contribution in [0.3, 0.4) is 0 Å². The number of nitrogen functional groups attached to an aromatic ring is 1. The third kappa shape index (κ3) is 3.39. The van der Waals surface area contributed by atoms with Crippen LogP contribution in [0.1, 0.15) is 11.1 Å². The van der Waals surface area contributed by atoms with Crippen LogP contribution in [0, 0.1) is 0 Å². The third-order valence-corrected chi connectivity index (χ3v) is 4.18. The fraction of sp³-hybridized carbons (Fsp3) is 0.143. The van der Waals surface area contributed by atoms with Crippen LogP contribution in [0.5, 0.6) is 0 Å². The van der Waals surface area contributed by atoms with Crippen LogP contribution in [0.4, 0.5) is 18.9 Å². The van der Waals surface area contributed by atoms with Crippen molar-refractivity contribution in [1.29, 1.82) is 0 Å². The van der Waals surface area contributed by atoms with Crippen LogP contribution >= 0.6 is 0 Å². The maximum atomic E-state index is 12.5. The average Bonchev–Trinajstić information content (AvgIpc) is 2.38. The summed E-state index contributed by atoms with van der Waals surface area (Å²) in [5, 5.41) is 0. The molecule has 0 saturated heterocycles. The van der Waals surface area contributed by atoms with Crippen molar-refractivity contribution in [3.05, 3.63) is 59.7 Å². The number of anilines is 1. The van der Waals surface area contributed by atoms with E-state index in [2.05, 4.69) is 0 Å². The highest BCUT2D eigenvalue weighted by Gasteiger charge is 2.31. The lowest BCUT2D eigenvalue weighted by molar-refractivity contribution is -0.137. The molecule has 2 nitrogen and oxygen atoms in total. The monoisotopic (exact) mass is 299 g/mol. The van der Waals surface area contributed by atoms with Crippen molar-refractivity contribution in [2.45, 2.75) is 16.8 Å². The number of halogens is 3. The molecule has 0 saturated carbocycles. The van der Waals surface area contributed by atoms with Crippen molar-refractivity contribution < 1.29 is 17.4 Å². The molecule has 2 N–H and O–H groups in total. The summed E-state index contributed by atoms with van der Waals surface area (Å²) in [7, 11) is -1.47. The van der Waals surface area contributed by atoms with E-state index in [-0.39, 0.29) is 16.3 Å². The molecule has 0 aromatic heterocycles. The second-order valence-corrected chi connectivity index (χ2v) is 5.65. The molecule has 106 valence electrons. The first-order valence-electron chi connectivity index (χ1n) is 5.77. The molecule has 20 heavy (non-hydrogen) atoms. The van der Waals surface area contributed by atoms with Crippen molar-refractivity contribution in [3.8, 4) is 0 Å². The highest BCUT2D eigenvalue weighted by atomic mass is 32.2. The van der Waals surface area contributed by atoms with Crippen LogP contribution in [0.25, 0.3) is 0 Å². The zero-order chi connectivity index (χ0) is 14.8. The molecule has 1 atom stereocenters. The number of benzene rings is 2. The zero-order valence-electron chi connectivity index (χ0n) is 10.4. The van der Waals surface area contributed by atoms with Gasteiger partial charge in [-0.2, -0.15) is 13.2 Å². The van der Waals surface area contributed by atoms with Gasteiger partial charge in [-0.05, 0) is 23.8 Å². The van der Waals surface area contributed by atoms with E-state index in [9.17, 15) is 17.4 Å². The van der Waals surface area contributed by atoms with Crippen molar-refractivity contribution >= 4 is 16.5 Å². The Morgan fingerprint density at radius 3 is 2.25 bits per heavy atom. The van der Waals surface area contributed by atoms with E-state index in [0.717, 1.165) is 17.7 Å². The molecular weight excluding hydrogens is 287 g/mol. The van der Waals surface area contributed by atoms with Gasteiger partial charge in [-0.25, -0.2) is 0 Å². The SMILES string of the molecule is Nc1cc(C(F)(F)F)ccc1S(=O)Cc1ccccc1. The summed E-state index contributed by atoms with van der Waals surface area (Å²) in [5.74, 6) is 0.219. The minimum atomic E-state index is -4.45. The number of hydrogen-bond donors (Lipinski definition) is 1. The van der Waals surface area contributed by atoms with Gasteiger partial charge in [0.25, 0.3) is 0 Å². The van der Waals surface area contributed by atoms with E-state index in [1.54, 1.807) is 12.1 Å². The lowest BCUT2D eigenvalue weighted by Crippen LogP contribution is -2.08. The summed E-state index contributed by atoms with van der Waals surface area (Å²) in [4.78, 5) is 0.224. The van der Waals surface area contributed by atoms with Crippen LogP contribution in [0.15, 0.2) is 53.4 Å². The normalized spacial score (nSPS) is 13.2. The predicted octanol–water partition coefficient (Wildman–Crippen LogP) is 3.60. The highest BCUT2D eigenvalue weighted by Crippen LogP contribution is 2.32. The molecule has 2 aromatic rings. The Balaban J connectivity index is 2.23. The van der Waals surface area contributed by atoms with Gasteiger partial charge in [0.05, 0.1) is 27.0 Å². The van der Waals surface area contributed by atoms with Gasteiger partial charge in [0, 0.05) is 5.69 Å². The van der Waals surface area contributed by atoms with Gasteiger partial charge in [0.1, 0.15) is 0 Å². The molecule has 2 rings (SSSR count). The van der Waals surface area contributed by atoms with Gasteiger partial charge in [-0.15, -0.1) is 0 Å². The summed E-state index contributed by atoms with van der Waals surface area (Å²) in [6, 6.07) is 11.9. The van der Waals surface area contributed by atoms with Crippen LogP contribution in [-0.2, 0) is 22.7 Å². The van der Waals surface area contributed by atoms with Crippen molar-refractivity contribution in [2.24, 2.45) is 0 Å². The van der Waals surface area contributed by atoms with Gasteiger partial charge in [-0.3, -0.25) is 4.21 Å². The Labute approximate surface area is 116 Å². The first-order chi connectivity index (χ1) is 9.38. The molecule has 0 radical (unpaired) electrons. The molecule has 6 heteroatoms. The Bertz CT molecular complexity index is 626. The molecular formula is C14H12F3NOS. The fourth-order valence-electron chi connectivity index (χ4n) is 1.74. The molecule has 0 fully saturated rings. The third-order valence-electron chi connectivity index (χ3n) is 2.72. The largest absolute Gasteiger partial charge is 0.416 e. The first-order valence-corrected chi connectivity index (χ1v) is 7.09. The van der Waals surface area contributed by atoms with Gasteiger partial charge < -0.3 is 5.73 Å². The molecule has 0 amide bonds. The topological polar surface area (TPSA) is 43.1 Å². The first kappa shape index (κ1) is 14.6. The maximum Gasteiger partial charge on any atom is 0.416 e. The number of hydrogen-bond acceptors (Lipinski definition) is 2. The minimum absolute atomic E-state index is 0.103. The minimum Gasteiger partial charge on any atom is -0.398 e. The molecule has 0 aliphatic carbocycles. The zero-order valence-corrected chi connectivity index (χ0v) is 11.2. The van der Waals surface area contributed by atoms with E-state index in [4.69, 9.17) is 5.73 Å². The molecule has 0 heterocycles. The van der Waals surface area contributed by atoms with E-state index < -0.39 is 22.5 Å². The van der Waals surface area contributed by atoms with E-state index in [0.29, 0.717) is 0 Å². The van der Waals surface area contributed by atoms with Crippen LogP contribution < -0.4 is 5.73 Å². The maximum absolute atomic E-state index is 12.5. The van der Waals surface area contributed by atoms with E-state index in [1.165, 1.54) is 6.07 Å². The fourth-order valence-corrected chi connectivity index (χ4v) is 2.93. The van der Waals surface area contributed by atoms with Crippen molar-refractivity contribution in [3.63, 3.8) is 0 Å². The van der Waals surface area contributed by atoms with Gasteiger partial charge >= 0.3 is 6.18 Å². The Morgan fingerprint density at radius 2 is 1.70 bits per heavy atom. The lowest BCUT2D eigenvalue weighted by Gasteiger charge is -2.10. The van der Waals surface area contributed by atoms with E-state index >= 15 is 0 Å². The second-order valence-electron chi connectivity index (χ2n) is 4.23. The summed E-state index contributed by atoms with van der Waals surface area (Å²) in [6.45, 7) is 0. The highest BCUT2D eigenvalue weighted by molar-refractivity contribution is 7.84. The molecule has 2 aromatic carbocycles. The Morgan fingerprint density at radius 1 is 1.05 bits per heavy atom. The summed E-state index contributed by atoms with van der Waals surface area (Å²) in [6.07, 6.45) is -4.45. The molecule has 0 spiro atoms. The second kappa shape index (κ2) is 5.66. The van der Waals surface area contributed by atoms with Gasteiger partial charge in [0.2, 0.25) is 0 Å². The average molecular weight is 299 g/mol. The van der Waals surface area contributed by atoms with Crippen LogP contribution in [-0.4, -0.2) is 4.21 Å². The molecule has 0 aliphatic rings. The molecule has 0 bridgehead atoms. The van der Waals surface area contributed by atoms with Crippen molar-refractivity contribution in [1.82, 2.24) is 0 Å². The number of nitrogens with two attached hydrogens (primary N) is 1. The Kier molecular flexibility index (Phi) is 4.13.